The number of rotatable bonds is 9. The van der Waals surface area contributed by atoms with Crippen LogP contribution in [-0.4, -0.2) is 33.9 Å². The summed E-state index contributed by atoms with van der Waals surface area (Å²) in [7, 11) is 1.99. The van der Waals surface area contributed by atoms with Gasteiger partial charge in [0.1, 0.15) is 11.7 Å². The van der Waals surface area contributed by atoms with Gasteiger partial charge >= 0.3 is 0 Å². The predicted octanol–water partition coefficient (Wildman–Crippen LogP) is 1.65. The molecule has 0 bridgehead atoms. The minimum atomic E-state index is -0.571. The molecule has 30 heavy (non-hydrogen) atoms. The molecule has 0 saturated heterocycles. The van der Waals surface area contributed by atoms with Gasteiger partial charge in [0.2, 0.25) is 5.91 Å². The van der Waals surface area contributed by atoms with Crippen LogP contribution in [0.25, 0.3) is 11.0 Å². The topological polar surface area (TPSA) is 149 Å². The molecule has 1 unspecified atom stereocenters. The van der Waals surface area contributed by atoms with E-state index in [9.17, 15) is 4.79 Å². The maximum atomic E-state index is 12.2. The average Bonchev–Trinajstić information content (AvgIpc) is 3.05. The van der Waals surface area contributed by atoms with Crippen LogP contribution in [0.3, 0.4) is 0 Å². The van der Waals surface area contributed by atoms with Crippen molar-refractivity contribution in [2.75, 3.05) is 11.9 Å². The second-order valence-electron chi connectivity index (χ2n) is 7.43. The van der Waals surface area contributed by atoms with E-state index in [2.05, 4.69) is 9.88 Å². The van der Waals surface area contributed by atoms with Crippen LogP contribution in [0.5, 0.6) is 0 Å². The van der Waals surface area contributed by atoms with Gasteiger partial charge in [-0.05, 0) is 49.6 Å². The number of amidine groups is 1. The minimum Gasteiger partial charge on any atom is -0.384 e. The smallest absolute Gasteiger partial charge is 0.241 e. The Kier molecular flexibility index (Phi) is 6.81. The van der Waals surface area contributed by atoms with Gasteiger partial charge in [0.05, 0.1) is 17.1 Å². The molecule has 8 heteroatoms. The van der Waals surface area contributed by atoms with Crippen LogP contribution in [0.4, 0.5) is 5.69 Å². The maximum Gasteiger partial charge on any atom is 0.241 e. The van der Waals surface area contributed by atoms with E-state index in [1.54, 1.807) is 0 Å². The standard InChI is InChI=1S/C22H29N7O/c1-29-19-10-9-16(27-22(30)17(24)3-2-12-23)13-18(19)28-20(29)11-6-14-4-7-15(8-5-14)21(25)26/h4-5,7-10,13,17H,2-3,6,11-12,23-24H2,1H3,(H3,25,26)(H,27,30). The molecule has 158 valence electrons. The van der Waals surface area contributed by atoms with E-state index >= 15 is 0 Å². The first kappa shape index (κ1) is 21.5. The average molecular weight is 408 g/mol. The molecule has 0 aliphatic carbocycles. The molecule has 0 saturated carbocycles. The molecule has 0 spiro atoms. The van der Waals surface area contributed by atoms with Crippen molar-refractivity contribution < 1.29 is 4.79 Å². The van der Waals surface area contributed by atoms with Gasteiger partial charge in [0, 0.05) is 24.7 Å². The van der Waals surface area contributed by atoms with E-state index in [-0.39, 0.29) is 11.7 Å². The Morgan fingerprint density at radius 3 is 2.60 bits per heavy atom. The number of hydrogen-bond acceptors (Lipinski definition) is 5. The lowest BCUT2D eigenvalue weighted by atomic mass is 10.1. The van der Waals surface area contributed by atoms with Gasteiger partial charge in [-0.15, -0.1) is 0 Å². The second-order valence-corrected chi connectivity index (χ2v) is 7.43. The largest absolute Gasteiger partial charge is 0.384 e. The Labute approximate surface area is 176 Å². The highest BCUT2D eigenvalue weighted by Gasteiger charge is 2.14. The molecule has 1 atom stereocenters. The summed E-state index contributed by atoms with van der Waals surface area (Å²) < 4.78 is 2.07. The van der Waals surface area contributed by atoms with Crippen molar-refractivity contribution in [1.29, 1.82) is 5.41 Å². The van der Waals surface area contributed by atoms with Gasteiger partial charge < -0.3 is 27.1 Å². The van der Waals surface area contributed by atoms with E-state index in [4.69, 9.17) is 27.6 Å². The van der Waals surface area contributed by atoms with Gasteiger partial charge in [0.25, 0.3) is 0 Å². The highest BCUT2D eigenvalue weighted by atomic mass is 16.2. The monoisotopic (exact) mass is 407 g/mol. The van der Waals surface area contributed by atoms with Gasteiger partial charge in [0.15, 0.2) is 0 Å². The fourth-order valence-corrected chi connectivity index (χ4v) is 3.36. The number of fused-ring (bicyclic) bond motifs is 1. The number of nitrogens with zero attached hydrogens (tertiary/aromatic N) is 2. The number of aromatic nitrogens is 2. The van der Waals surface area contributed by atoms with Crippen molar-refractivity contribution in [3.05, 3.63) is 59.4 Å². The zero-order valence-electron chi connectivity index (χ0n) is 17.2. The first-order valence-corrected chi connectivity index (χ1v) is 10.0. The fourth-order valence-electron chi connectivity index (χ4n) is 3.36. The lowest BCUT2D eigenvalue weighted by Crippen LogP contribution is -2.35. The van der Waals surface area contributed by atoms with Gasteiger partial charge in [-0.25, -0.2) is 4.98 Å². The zero-order chi connectivity index (χ0) is 21.7. The molecule has 3 rings (SSSR count). The molecule has 8 N–H and O–H groups in total. The number of nitrogen functional groups attached to an aromatic ring is 1. The molecule has 0 aliphatic heterocycles. The van der Waals surface area contributed by atoms with Crippen molar-refractivity contribution in [2.45, 2.75) is 31.7 Å². The lowest BCUT2D eigenvalue weighted by molar-refractivity contribution is -0.117. The molecule has 0 aliphatic rings. The van der Waals surface area contributed by atoms with E-state index in [1.807, 2.05) is 49.5 Å². The summed E-state index contributed by atoms with van der Waals surface area (Å²) in [6, 6.07) is 12.8. The minimum absolute atomic E-state index is 0.0696. The van der Waals surface area contributed by atoms with Crippen molar-refractivity contribution in [2.24, 2.45) is 24.2 Å². The number of anilines is 1. The normalized spacial score (nSPS) is 12.1. The van der Waals surface area contributed by atoms with E-state index < -0.39 is 6.04 Å². The lowest BCUT2D eigenvalue weighted by Gasteiger charge is -2.11. The summed E-state index contributed by atoms with van der Waals surface area (Å²) in [5.74, 6) is 0.817. The number of carbonyl (C=O) groups is 1. The maximum absolute atomic E-state index is 12.2. The molecule has 1 aromatic heterocycles. The zero-order valence-corrected chi connectivity index (χ0v) is 17.2. The summed E-state index contributed by atoms with van der Waals surface area (Å²) in [6.07, 6.45) is 2.88. The number of hydrogen-bond donors (Lipinski definition) is 5. The molecule has 1 heterocycles. The quantitative estimate of drug-likeness (QED) is 0.270. The summed E-state index contributed by atoms with van der Waals surface area (Å²) in [5, 5.41) is 10.3. The number of carbonyl (C=O) groups excluding carboxylic acids is 1. The highest BCUT2D eigenvalue weighted by Crippen LogP contribution is 2.21. The van der Waals surface area contributed by atoms with Crippen LogP contribution in [0.2, 0.25) is 0 Å². The van der Waals surface area contributed by atoms with E-state index in [0.29, 0.717) is 25.1 Å². The van der Waals surface area contributed by atoms with Crippen molar-refractivity contribution in [3.8, 4) is 0 Å². The molecule has 0 fully saturated rings. The summed E-state index contributed by atoms with van der Waals surface area (Å²) in [6.45, 7) is 0.518. The van der Waals surface area contributed by atoms with E-state index in [0.717, 1.165) is 40.8 Å². The Morgan fingerprint density at radius 2 is 1.93 bits per heavy atom. The van der Waals surface area contributed by atoms with Crippen LogP contribution < -0.4 is 22.5 Å². The summed E-state index contributed by atoms with van der Waals surface area (Å²) in [4.78, 5) is 17.0. The number of imidazole rings is 1. The van der Waals surface area contributed by atoms with Crippen LogP contribution in [-0.2, 0) is 24.7 Å². The Balaban J connectivity index is 1.69. The summed E-state index contributed by atoms with van der Waals surface area (Å²) in [5.41, 5.74) is 21.3. The molecule has 8 nitrogen and oxygen atoms in total. The van der Waals surface area contributed by atoms with Crippen molar-refractivity contribution in [3.63, 3.8) is 0 Å². The third kappa shape index (κ3) is 5.03. The predicted molar refractivity (Wildman–Crippen MR) is 120 cm³/mol. The number of nitrogens with two attached hydrogens (primary N) is 3. The molecule has 0 radical (unpaired) electrons. The number of nitrogens with one attached hydrogen (secondary N) is 2. The van der Waals surface area contributed by atoms with Gasteiger partial charge in [-0.2, -0.15) is 0 Å². The molecule has 3 aromatic rings. The number of aryl methyl sites for hydroxylation is 3. The van der Waals surface area contributed by atoms with Crippen LogP contribution in [0.1, 0.15) is 29.8 Å². The highest BCUT2D eigenvalue weighted by molar-refractivity contribution is 5.96. The Bertz CT molecular complexity index is 1040. The van der Waals surface area contributed by atoms with Crippen LogP contribution in [0.15, 0.2) is 42.5 Å². The van der Waals surface area contributed by atoms with Gasteiger partial charge in [-0.3, -0.25) is 10.2 Å². The van der Waals surface area contributed by atoms with E-state index in [1.165, 1.54) is 0 Å². The Morgan fingerprint density at radius 1 is 1.20 bits per heavy atom. The SMILES string of the molecule is Cn1c(CCc2ccc(C(=N)N)cc2)nc2cc(NC(=O)C(N)CCCN)ccc21. The van der Waals surface area contributed by atoms with Crippen molar-refractivity contribution >= 4 is 28.5 Å². The first-order chi connectivity index (χ1) is 14.4. The Hall–Kier alpha value is -3.23. The third-order valence-electron chi connectivity index (χ3n) is 5.20. The van der Waals surface area contributed by atoms with Crippen LogP contribution >= 0.6 is 0 Å². The summed E-state index contributed by atoms with van der Waals surface area (Å²) >= 11 is 0. The number of amides is 1. The number of benzene rings is 2. The molecule has 2 aromatic carbocycles. The van der Waals surface area contributed by atoms with Crippen LogP contribution in [0, 0.1) is 5.41 Å². The van der Waals surface area contributed by atoms with Gasteiger partial charge in [-0.1, -0.05) is 24.3 Å². The molecular weight excluding hydrogens is 378 g/mol. The molecular formula is C22H29N7O. The fraction of sp³-hybridized carbons (Fsp3) is 0.318. The first-order valence-electron chi connectivity index (χ1n) is 10.0. The second kappa shape index (κ2) is 9.51. The molecule has 1 amide bonds. The van der Waals surface area contributed by atoms with Crippen molar-refractivity contribution in [1.82, 2.24) is 9.55 Å². The third-order valence-corrected chi connectivity index (χ3v) is 5.20.